The molecular weight excluding hydrogens is 981 g/mol. The van der Waals surface area contributed by atoms with Gasteiger partial charge in [0, 0.05) is 96.1 Å². The Morgan fingerprint density at radius 1 is 0.256 bits per heavy atom. The Bertz CT molecular complexity index is 4350. The van der Waals surface area contributed by atoms with Gasteiger partial charge in [0.05, 0.1) is 0 Å². The van der Waals surface area contributed by atoms with Crippen molar-refractivity contribution >= 4 is 108 Å². The lowest BCUT2D eigenvalue weighted by molar-refractivity contribution is 0.714. The van der Waals surface area contributed by atoms with E-state index in [1.54, 1.807) is 0 Å². The van der Waals surface area contributed by atoms with E-state index >= 15 is 0 Å². The van der Waals surface area contributed by atoms with Crippen LogP contribution in [-0.4, -0.2) is 0 Å². The van der Waals surface area contributed by atoms with Crippen LogP contribution in [0.15, 0.2) is 267 Å². The molecule has 0 aliphatic heterocycles. The highest BCUT2D eigenvalue weighted by Gasteiger charge is 2.42. The Hall–Kier alpha value is -9.06. The smallest absolute Gasteiger partial charge is 0.0476 e. The van der Waals surface area contributed by atoms with Crippen LogP contribution in [0.3, 0.4) is 0 Å². The molecule has 0 radical (unpaired) electrons. The maximum absolute atomic E-state index is 2.43. The van der Waals surface area contributed by atoms with Gasteiger partial charge in [0.1, 0.15) is 0 Å². The molecule has 0 fully saturated rings. The summed E-state index contributed by atoms with van der Waals surface area (Å²) < 4.78 is 5.21. The molecule has 0 unspecified atom stereocenters. The van der Waals surface area contributed by atoms with Gasteiger partial charge in [-0.05, 0) is 142 Å². The summed E-state index contributed by atoms with van der Waals surface area (Å²) in [5.41, 5.74) is 19.5. The highest BCUT2D eigenvalue weighted by molar-refractivity contribution is 7.28. The first-order valence-electron chi connectivity index (χ1n) is 27.0. The molecule has 0 N–H and O–H groups in total. The third-order valence-electron chi connectivity index (χ3n) is 17.4. The normalized spacial score (nSPS) is 13.7. The maximum Gasteiger partial charge on any atom is 0.0476 e. The molecule has 12 aromatic carbocycles. The fourth-order valence-corrected chi connectivity index (χ4v) is 16.1. The van der Waals surface area contributed by atoms with E-state index < -0.39 is 0 Å². The van der Waals surface area contributed by atoms with Crippen LogP contribution in [0.25, 0.3) is 73.4 Å². The number of nitrogens with zero attached hydrogens (tertiary/aromatic N) is 2. The van der Waals surface area contributed by atoms with E-state index in [4.69, 9.17) is 0 Å². The summed E-state index contributed by atoms with van der Waals surface area (Å²) in [6.07, 6.45) is 0. The Kier molecular flexibility index (Phi) is 9.97. The minimum atomic E-state index is -0.296. The first kappa shape index (κ1) is 45.2. The van der Waals surface area contributed by atoms with Gasteiger partial charge in [0.2, 0.25) is 0 Å². The van der Waals surface area contributed by atoms with Crippen LogP contribution >= 0.6 is 22.7 Å². The van der Waals surface area contributed by atoms with E-state index in [-0.39, 0.29) is 10.8 Å². The van der Waals surface area contributed by atoms with Crippen LogP contribution in [0.5, 0.6) is 0 Å². The Morgan fingerprint density at radius 2 is 0.551 bits per heavy atom. The Labute approximate surface area is 462 Å². The lowest BCUT2D eigenvalue weighted by Crippen LogP contribution is -2.23. The lowest BCUT2D eigenvalue weighted by atomic mass is 9.74. The quantitative estimate of drug-likeness (QED) is 0.150. The fraction of sp³-hybridized carbons (Fsp3) is 0.0541. The number of fused-ring (bicyclic) bond motifs is 15. The van der Waals surface area contributed by atoms with Crippen LogP contribution in [0.1, 0.15) is 47.2 Å². The molecule has 14 aromatic rings. The highest BCUT2D eigenvalue weighted by atomic mass is 32.1. The highest BCUT2D eigenvalue weighted by Crippen LogP contribution is 2.55. The van der Waals surface area contributed by atoms with Gasteiger partial charge in [-0.3, -0.25) is 0 Å². The summed E-state index contributed by atoms with van der Waals surface area (Å²) in [5.74, 6) is 0. The summed E-state index contributed by atoms with van der Waals surface area (Å²) in [6.45, 7) is 4.80. The van der Waals surface area contributed by atoms with Gasteiger partial charge >= 0.3 is 0 Å². The Balaban J connectivity index is 0.790. The third-order valence-corrected chi connectivity index (χ3v) is 19.8. The summed E-state index contributed by atoms with van der Waals surface area (Å²) in [6, 6.07) is 99.5. The van der Waals surface area contributed by atoms with E-state index in [2.05, 4.69) is 291 Å². The third kappa shape index (κ3) is 6.54. The second-order valence-electron chi connectivity index (χ2n) is 21.4. The number of anilines is 6. The van der Waals surface area contributed by atoms with Crippen molar-refractivity contribution in [1.82, 2.24) is 0 Å². The number of thiophene rings is 2. The van der Waals surface area contributed by atoms with Crippen molar-refractivity contribution in [3.8, 4) is 22.3 Å². The number of benzene rings is 12. The topological polar surface area (TPSA) is 6.48 Å². The minimum absolute atomic E-state index is 0.296. The zero-order chi connectivity index (χ0) is 51.7. The zero-order valence-electron chi connectivity index (χ0n) is 43.1. The van der Waals surface area contributed by atoms with Crippen molar-refractivity contribution < 1.29 is 0 Å². The first-order chi connectivity index (χ1) is 38.4. The molecule has 0 saturated carbocycles. The van der Waals surface area contributed by atoms with Gasteiger partial charge in [-0.2, -0.15) is 0 Å². The standard InChI is InChI=1S/C74H50N2S2/c1-73(65-31-13-9-27-55(65)56-28-10-14-32-66(56)73)47-19-17-25-51(43-47)75(49-21-5-3-6-22-49)53-35-37-59-61-39-41-64-63(71(61)77-69(59)45-53)42-40-62-60-38-36-54(46-70(60)78-72(62)64)76(50-23-7-4-8-24-50)52-26-18-20-48(44-52)74(2)67-33-15-11-29-57(67)58-30-12-16-34-68(58)74/h3-46H,1-2H3. The van der Waals surface area contributed by atoms with Gasteiger partial charge in [-0.1, -0.05) is 194 Å². The predicted octanol–water partition coefficient (Wildman–Crippen LogP) is 21.2. The SMILES string of the molecule is CC1(c2cccc(N(c3ccccc3)c3ccc4c(c3)sc3c4ccc4c3ccc3c5ccc(N(c6ccccc6)c6cccc(C7(C)c8ccccc8-c8ccccc87)c6)cc5sc34)c2)c2ccccc2-c2ccccc21. The molecule has 16 rings (SSSR count). The average molecular weight is 1030 g/mol. The molecule has 0 amide bonds. The van der Waals surface area contributed by atoms with E-state index in [9.17, 15) is 0 Å². The van der Waals surface area contributed by atoms with Crippen molar-refractivity contribution in [3.63, 3.8) is 0 Å². The van der Waals surface area contributed by atoms with Gasteiger partial charge in [-0.25, -0.2) is 0 Å². The molecule has 2 nitrogen and oxygen atoms in total. The van der Waals surface area contributed by atoms with Crippen molar-refractivity contribution in [3.05, 3.63) is 300 Å². The van der Waals surface area contributed by atoms with Crippen LogP contribution in [0, 0.1) is 0 Å². The lowest BCUT2D eigenvalue weighted by Gasteiger charge is -2.31. The van der Waals surface area contributed by atoms with Crippen LogP contribution in [0.2, 0.25) is 0 Å². The first-order valence-corrected chi connectivity index (χ1v) is 28.6. The molecule has 0 saturated heterocycles. The number of para-hydroxylation sites is 2. The number of hydrogen-bond donors (Lipinski definition) is 0. The van der Waals surface area contributed by atoms with Gasteiger partial charge in [-0.15, -0.1) is 22.7 Å². The molecule has 0 bridgehead atoms. The van der Waals surface area contributed by atoms with Crippen molar-refractivity contribution in [1.29, 1.82) is 0 Å². The van der Waals surface area contributed by atoms with E-state index in [1.807, 2.05) is 22.7 Å². The van der Waals surface area contributed by atoms with Gasteiger partial charge in [0.25, 0.3) is 0 Å². The van der Waals surface area contributed by atoms with E-state index in [0.29, 0.717) is 0 Å². The Morgan fingerprint density at radius 3 is 0.923 bits per heavy atom. The monoisotopic (exact) mass is 1030 g/mol. The van der Waals surface area contributed by atoms with Crippen molar-refractivity contribution in [2.24, 2.45) is 0 Å². The fourth-order valence-electron chi connectivity index (χ4n) is 13.6. The van der Waals surface area contributed by atoms with Gasteiger partial charge in [0.15, 0.2) is 0 Å². The van der Waals surface area contributed by atoms with Crippen molar-refractivity contribution in [2.75, 3.05) is 9.80 Å². The summed E-state index contributed by atoms with van der Waals surface area (Å²) in [4.78, 5) is 4.86. The van der Waals surface area contributed by atoms with Gasteiger partial charge < -0.3 is 9.80 Å². The maximum atomic E-state index is 2.43. The second kappa shape index (κ2) is 17.2. The van der Waals surface area contributed by atoms with E-state index in [0.717, 1.165) is 34.1 Å². The average Bonchev–Trinajstić information content (AvgIpc) is 4.41. The summed E-state index contributed by atoms with van der Waals surface area (Å²) in [5, 5.41) is 7.79. The molecule has 2 heterocycles. The van der Waals surface area contributed by atoms with Crippen LogP contribution in [-0.2, 0) is 10.8 Å². The molecule has 0 atom stereocenters. The molecule has 368 valence electrons. The number of rotatable bonds is 8. The summed E-state index contributed by atoms with van der Waals surface area (Å²) >= 11 is 3.82. The molecular formula is C74H50N2S2. The zero-order valence-corrected chi connectivity index (χ0v) is 44.7. The molecule has 78 heavy (non-hydrogen) atoms. The molecule has 2 aromatic heterocycles. The van der Waals surface area contributed by atoms with Crippen LogP contribution in [0.4, 0.5) is 34.1 Å². The molecule has 4 heteroatoms. The molecule has 2 aliphatic carbocycles. The predicted molar refractivity (Wildman–Crippen MR) is 334 cm³/mol. The minimum Gasteiger partial charge on any atom is -0.310 e. The van der Waals surface area contributed by atoms with Crippen molar-refractivity contribution in [2.45, 2.75) is 24.7 Å². The van der Waals surface area contributed by atoms with Crippen LogP contribution < -0.4 is 9.80 Å². The molecule has 0 spiro atoms. The largest absolute Gasteiger partial charge is 0.310 e. The summed E-state index contributed by atoms with van der Waals surface area (Å²) in [7, 11) is 0. The molecule has 2 aliphatic rings. The second-order valence-corrected chi connectivity index (χ2v) is 23.5. The van der Waals surface area contributed by atoms with E-state index in [1.165, 1.54) is 107 Å². The number of hydrogen-bond acceptors (Lipinski definition) is 4.